The van der Waals surface area contributed by atoms with Gasteiger partial charge in [-0.15, -0.1) is 5.10 Å². The number of hydrogen-bond acceptors (Lipinski definition) is 8. The number of rotatable bonds is 5. The average Bonchev–Trinajstić information content (AvgIpc) is 3.76. The van der Waals surface area contributed by atoms with Crippen LogP contribution in [0.1, 0.15) is 35.6 Å². The number of aliphatic hydroxyl groups is 1. The maximum absolute atomic E-state index is 14.2. The molecule has 226 valence electrons. The summed E-state index contributed by atoms with van der Waals surface area (Å²) in [5.74, 6) is -1.30. The van der Waals surface area contributed by atoms with E-state index in [0.29, 0.717) is 21.6 Å². The molecule has 4 heterocycles. The molecule has 15 heteroatoms. The summed E-state index contributed by atoms with van der Waals surface area (Å²) in [6.45, 7) is 1.68. The normalized spacial score (nSPS) is 24.9. The first-order valence-corrected chi connectivity index (χ1v) is 14.5. The summed E-state index contributed by atoms with van der Waals surface area (Å²) >= 11 is 18.4. The Morgan fingerprint density at radius 3 is 2.43 bits per heavy atom. The fourth-order valence-electron chi connectivity index (χ4n) is 5.37. The molecule has 2 aromatic heterocycles. The lowest BCUT2D eigenvalue weighted by Crippen LogP contribution is -2.50. The van der Waals surface area contributed by atoms with Gasteiger partial charge in [0.2, 0.25) is 0 Å². The van der Waals surface area contributed by atoms with E-state index in [2.05, 4.69) is 20.4 Å². The zero-order chi connectivity index (χ0) is 30.7. The maximum atomic E-state index is 14.2. The first-order chi connectivity index (χ1) is 21.2. The number of hydrogen-bond donors (Lipinski definition) is 1. The molecule has 2 saturated heterocycles. The molecule has 10 nitrogen and oxygen atoms in total. The molecule has 7 rings (SSSR count). The van der Waals surface area contributed by atoms with Gasteiger partial charge in [0, 0.05) is 16.1 Å². The summed E-state index contributed by atoms with van der Waals surface area (Å²) in [5.41, 5.74) is 1.38. The molecular weight excluding hydrogens is 641 g/mol. The average molecular weight is 662 g/mol. The first-order valence-electron chi connectivity index (χ1n) is 13.3. The van der Waals surface area contributed by atoms with Gasteiger partial charge in [-0.05, 0) is 37.3 Å². The summed E-state index contributed by atoms with van der Waals surface area (Å²) in [6.07, 6.45) is -3.76. The molecule has 0 bridgehead atoms. The summed E-state index contributed by atoms with van der Waals surface area (Å²) in [4.78, 5) is 4.56. The van der Waals surface area contributed by atoms with Gasteiger partial charge in [0.05, 0.1) is 16.9 Å². The predicted octanol–water partition coefficient (Wildman–Crippen LogP) is 6.19. The second kappa shape index (κ2) is 11.5. The van der Waals surface area contributed by atoms with Crippen LogP contribution in [0.2, 0.25) is 15.1 Å². The van der Waals surface area contributed by atoms with Crippen molar-refractivity contribution in [2.45, 2.75) is 43.9 Å². The highest BCUT2D eigenvalue weighted by Gasteiger charge is 2.55. The van der Waals surface area contributed by atoms with Crippen molar-refractivity contribution in [2.75, 3.05) is 0 Å². The first kappa shape index (κ1) is 29.2. The van der Waals surface area contributed by atoms with Crippen molar-refractivity contribution in [3.63, 3.8) is 0 Å². The van der Waals surface area contributed by atoms with Crippen molar-refractivity contribution in [1.29, 1.82) is 0 Å². The Morgan fingerprint density at radius 2 is 1.68 bits per heavy atom. The summed E-state index contributed by atoms with van der Waals surface area (Å²) in [6, 6.07) is 15.2. The van der Waals surface area contributed by atoms with Crippen molar-refractivity contribution in [2.24, 2.45) is 0 Å². The minimum atomic E-state index is -1.36. The Kier molecular flexibility index (Phi) is 7.61. The number of aromatic nitrogens is 6. The highest BCUT2D eigenvalue weighted by atomic mass is 35.5. The topological polar surface area (TPSA) is 109 Å². The van der Waals surface area contributed by atoms with Gasteiger partial charge >= 0.3 is 0 Å². The molecule has 44 heavy (non-hydrogen) atoms. The fraction of sp³-hybridized carbons (Fsp3) is 0.241. The molecule has 0 amide bonds. The molecule has 0 aliphatic carbocycles. The van der Waals surface area contributed by atoms with Gasteiger partial charge in [0.25, 0.3) is 0 Å². The van der Waals surface area contributed by atoms with E-state index < -0.39 is 53.6 Å². The van der Waals surface area contributed by atoms with Gasteiger partial charge in [-0.1, -0.05) is 70.3 Å². The number of fused-ring (bicyclic) bond motifs is 1. The molecule has 1 N–H and O–H groups in total. The Balaban J connectivity index is 1.31. The third kappa shape index (κ3) is 5.16. The lowest BCUT2D eigenvalue weighted by atomic mass is 9.95. The van der Waals surface area contributed by atoms with Crippen LogP contribution in [0.4, 0.5) is 8.78 Å². The quantitative estimate of drug-likeness (QED) is 0.222. The van der Waals surface area contributed by atoms with E-state index in [-0.39, 0.29) is 17.1 Å². The van der Waals surface area contributed by atoms with E-state index in [0.717, 1.165) is 17.7 Å². The van der Waals surface area contributed by atoms with E-state index in [4.69, 9.17) is 49.0 Å². The fourth-order valence-corrected chi connectivity index (χ4v) is 5.85. The third-order valence-corrected chi connectivity index (χ3v) is 8.30. The van der Waals surface area contributed by atoms with E-state index in [9.17, 15) is 13.9 Å². The Morgan fingerprint density at radius 1 is 0.932 bits per heavy atom. The second-order valence-corrected chi connectivity index (χ2v) is 11.5. The minimum Gasteiger partial charge on any atom is -0.388 e. The van der Waals surface area contributed by atoms with Crippen molar-refractivity contribution < 1.29 is 28.1 Å². The highest BCUT2D eigenvalue weighted by Crippen LogP contribution is 2.47. The molecule has 2 fully saturated rings. The smallest absolute Gasteiger partial charge is 0.190 e. The van der Waals surface area contributed by atoms with Crippen LogP contribution in [0.15, 0.2) is 66.9 Å². The summed E-state index contributed by atoms with van der Waals surface area (Å²) in [7, 11) is 0. The van der Waals surface area contributed by atoms with E-state index in [1.807, 2.05) is 30.3 Å². The zero-order valence-electron chi connectivity index (χ0n) is 22.6. The molecule has 2 aliphatic heterocycles. The predicted molar refractivity (Wildman–Crippen MR) is 154 cm³/mol. The van der Waals surface area contributed by atoms with Gasteiger partial charge in [-0.25, -0.2) is 23.1 Å². The highest BCUT2D eigenvalue weighted by molar-refractivity contribution is 6.34. The lowest BCUT2D eigenvalue weighted by molar-refractivity contribution is -0.236. The van der Waals surface area contributed by atoms with Gasteiger partial charge < -0.3 is 19.3 Å². The summed E-state index contributed by atoms with van der Waals surface area (Å²) in [5, 5.41) is 24.8. The maximum Gasteiger partial charge on any atom is 0.190 e. The number of halogens is 5. The van der Waals surface area contributed by atoms with Crippen molar-refractivity contribution in [3.8, 4) is 16.9 Å². The van der Waals surface area contributed by atoms with Crippen molar-refractivity contribution in [1.82, 2.24) is 29.8 Å². The Labute approximate surface area is 263 Å². The SMILES string of the molecule is Cc1nc(C2OC3OC(c4ccccc4)OC3C(n3cc(-c4cc(F)c(Cl)c(F)c4)nn3)C2O)n(-c2cc(Cl)ccc2Cl)n1. The zero-order valence-corrected chi connectivity index (χ0v) is 24.8. The molecule has 0 saturated carbocycles. The van der Waals surface area contributed by atoms with Crippen LogP contribution in [-0.4, -0.2) is 53.4 Å². The molecular formula is C29H21Cl3F2N6O4. The molecule has 3 aromatic carbocycles. The number of aryl methyl sites for hydroxylation is 1. The Bertz CT molecular complexity index is 1840. The summed E-state index contributed by atoms with van der Waals surface area (Å²) < 4.78 is 50.1. The van der Waals surface area contributed by atoms with Crippen LogP contribution in [0.5, 0.6) is 0 Å². The molecule has 0 radical (unpaired) electrons. The van der Waals surface area contributed by atoms with Crippen LogP contribution in [0.25, 0.3) is 16.9 Å². The van der Waals surface area contributed by atoms with E-state index in [1.54, 1.807) is 25.1 Å². The van der Waals surface area contributed by atoms with Gasteiger partial charge in [-0.2, -0.15) is 5.10 Å². The van der Waals surface area contributed by atoms with Gasteiger partial charge in [0.1, 0.15) is 52.5 Å². The van der Waals surface area contributed by atoms with E-state index >= 15 is 0 Å². The van der Waals surface area contributed by atoms with Gasteiger partial charge in [-0.3, -0.25) is 0 Å². The third-order valence-electron chi connectivity index (χ3n) is 7.38. The molecule has 6 unspecified atom stereocenters. The molecule has 2 aliphatic rings. The van der Waals surface area contributed by atoms with Crippen LogP contribution >= 0.6 is 34.8 Å². The van der Waals surface area contributed by atoms with E-state index in [1.165, 1.54) is 15.6 Å². The van der Waals surface area contributed by atoms with Crippen LogP contribution in [0.3, 0.4) is 0 Å². The standard InChI is InChI=1S/C29H21Cl3F2N6O4/c1-13-35-27(40(37-13)21-11-16(30)7-8-17(21)31)26-24(41)23(25-29(43-26)44-28(42-25)14-5-3-2-4-6-14)39-12-20(36-38-39)15-9-18(33)22(32)19(34)10-15/h2-12,23-26,28-29,41H,1H3. The second-order valence-electron chi connectivity index (χ2n) is 10.2. The van der Waals surface area contributed by atoms with Gasteiger partial charge in [0.15, 0.2) is 18.4 Å². The molecule has 0 spiro atoms. The number of benzene rings is 3. The van der Waals surface area contributed by atoms with Crippen LogP contribution in [0, 0.1) is 18.6 Å². The lowest BCUT2D eigenvalue weighted by Gasteiger charge is -2.39. The van der Waals surface area contributed by atoms with Crippen LogP contribution in [-0.2, 0) is 14.2 Å². The number of aliphatic hydroxyl groups excluding tert-OH is 1. The number of ether oxygens (including phenoxy) is 3. The van der Waals surface area contributed by atoms with Crippen molar-refractivity contribution in [3.05, 3.63) is 111 Å². The molecule has 6 atom stereocenters. The monoisotopic (exact) mass is 660 g/mol. The van der Waals surface area contributed by atoms with Crippen LogP contribution < -0.4 is 0 Å². The Hall–Kier alpha value is -3.49. The minimum absolute atomic E-state index is 0.0991. The van der Waals surface area contributed by atoms with Crippen molar-refractivity contribution >= 4 is 34.8 Å². The largest absolute Gasteiger partial charge is 0.388 e. The number of nitrogens with zero attached hydrogens (tertiary/aromatic N) is 6. The molecule has 5 aromatic rings.